The maximum atomic E-state index is 12.2. The van der Waals surface area contributed by atoms with E-state index in [1.807, 2.05) is 24.3 Å². The van der Waals surface area contributed by atoms with E-state index >= 15 is 0 Å². The number of rotatable bonds is 4. The van der Waals surface area contributed by atoms with Crippen LogP contribution in [-0.2, 0) is 14.6 Å². The molecule has 1 aliphatic heterocycles. The molecule has 7 heteroatoms. The van der Waals surface area contributed by atoms with Crippen LogP contribution < -0.4 is 0 Å². The molecule has 0 aliphatic carbocycles. The van der Waals surface area contributed by atoms with Gasteiger partial charge in [-0.05, 0) is 19.1 Å². The van der Waals surface area contributed by atoms with Crippen LogP contribution in [0.1, 0.15) is 25.6 Å². The van der Waals surface area contributed by atoms with Crippen LogP contribution in [0.25, 0.3) is 11.0 Å². The summed E-state index contributed by atoms with van der Waals surface area (Å²) in [5.41, 5.74) is 1.88. The molecule has 1 aliphatic rings. The summed E-state index contributed by atoms with van der Waals surface area (Å²) in [6.07, 6.45) is 0. The van der Waals surface area contributed by atoms with Crippen molar-refractivity contribution in [2.75, 3.05) is 18.8 Å². The zero-order valence-corrected chi connectivity index (χ0v) is 13.4. The molecule has 0 radical (unpaired) electrons. The first-order valence-corrected chi connectivity index (χ1v) is 9.09. The number of fused-ring (bicyclic) bond motifs is 1. The first-order valence-electron chi connectivity index (χ1n) is 7.37. The number of imidazole rings is 1. The number of carbonyl (C=O) groups is 1. The first kappa shape index (κ1) is 15.0. The predicted octanol–water partition coefficient (Wildman–Crippen LogP) is 1.31. The summed E-state index contributed by atoms with van der Waals surface area (Å²) in [4.78, 5) is 21.6. The summed E-state index contributed by atoms with van der Waals surface area (Å²) < 4.78 is 23.6. The lowest BCUT2D eigenvalue weighted by Gasteiger charge is -2.39. The van der Waals surface area contributed by atoms with Gasteiger partial charge in [0.15, 0.2) is 9.84 Å². The van der Waals surface area contributed by atoms with Crippen LogP contribution >= 0.6 is 0 Å². The molecule has 118 valence electrons. The number of H-pyrrole nitrogens is 1. The lowest BCUT2D eigenvalue weighted by Crippen LogP contribution is -2.53. The average molecular weight is 321 g/mol. The summed E-state index contributed by atoms with van der Waals surface area (Å²) in [5.74, 6) is 0.680. The van der Waals surface area contributed by atoms with Crippen LogP contribution in [0.15, 0.2) is 24.3 Å². The van der Waals surface area contributed by atoms with Crippen molar-refractivity contribution in [2.45, 2.75) is 25.0 Å². The van der Waals surface area contributed by atoms with E-state index in [-0.39, 0.29) is 17.6 Å². The summed E-state index contributed by atoms with van der Waals surface area (Å²) in [6, 6.07) is 7.77. The minimum absolute atomic E-state index is 0.0131. The molecule has 3 rings (SSSR count). The van der Waals surface area contributed by atoms with Gasteiger partial charge >= 0.3 is 0 Å². The normalized spacial score (nSPS) is 17.5. The van der Waals surface area contributed by atoms with Crippen LogP contribution in [0.5, 0.6) is 0 Å². The molecule has 0 saturated carbocycles. The molecule has 1 aromatic heterocycles. The zero-order chi connectivity index (χ0) is 15.9. The second kappa shape index (κ2) is 5.39. The molecule has 22 heavy (non-hydrogen) atoms. The fourth-order valence-corrected chi connectivity index (χ4v) is 3.61. The molecule has 1 N–H and O–H groups in total. The molecule has 1 saturated heterocycles. The van der Waals surface area contributed by atoms with Crippen LogP contribution in [0.2, 0.25) is 0 Å². The average Bonchev–Trinajstić information content (AvgIpc) is 2.87. The van der Waals surface area contributed by atoms with E-state index in [1.165, 1.54) is 6.92 Å². The molecule has 1 aromatic carbocycles. The number of carbonyl (C=O) groups excluding carboxylic acids is 1. The smallest absolute Gasteiger partial charge is 0.240 e. The van der Waals surface area contributed by atoms with Crippen molar-refractivity contribution in [3.8, 4) is 0 Å². The van der Waals surface area contributed by atoms with Gasteiger partial charge in [-0.3, -0.25) is 4.79 Å². The summed E-state index contributed by atoms with van der Waals surface area (Å²) in [7, 11) is -3.34. The van der Waals surface area contributed by atoms with Gasteiger partial charge in [0.2, 0.25) is 5.91 Å². The van der Waals surface area contributed by atoms with Crippen LogP contribution in [0, 0.1) is 0 Å². The Kier molecular flexibility index (Phi) is 3.68. The molecule has 1 fully saturated rings. The summed E-state index contributed by atoms with van der Waals surface area (Å²) >= 11 is 0. The number of nitrogens with zero attached hydrogens (tertiary/aromatic N) is 2. The second-order valence-electron chi connectivity index (χ2n) is 5.67. The highest BCUT2D eigenvalue weighted by molar-refractivity contribution is 7.92. The number of nitrogens with one attached hydrogen (secondary N) is 1. The van der Waals surface area contributed by atoms with Gasteiger partial charge in [0.05, 0.1) is 17.0 Å². The van der Waals surface area contributed by atoms with Gasteiger partial charge in [-0.1, -0.05) is 19.1 Å². The number of amides is 1. The zero-order valence-electron chi connectivity index (χ0n) is 12.6. The second-order valence-corrected chi connectivity index (χ2v) is 8.28. The number of hydrogen-bond acceptors (Lipinski definition) is 4. The van der Waals surface area contributed by atoms with E-state index in [1.54, 1.807) is 11.8 Å². The van der Waals surface area contributed by atoms with Gasteiger partial charge in [0, 0.05) is 18.8 Å². The fourth-order valence-electron chi connectivity index (χ4n) is 2.66. The standard InChI is InChI=1S/C15H19N3O3S/c1-3-22(20,21)10(2)15(19)18-8-11(9-18)14-16-12-6-4-5-7-13(12)17-14/h4-7,10-11H,3,8-9H2,1-2H3,(H,16,17)/t10-/m1/s1. The van der Waals surface area contributed by atoms with Crippen molar-refractivity contribution in [1.29, 1.82) is 0 Å². The van der Waals surface area contributed by atoms with Gasteiger partial charge < -0.3 is 9.88 Å². The maximum absolute atomic E-state index is 12.2. The van der Waals surface area contributed by atoms with Crippen LogP contribution in [-0.4, -0.2) is 53.3 Å². The van der Waals surface area contributed by atoms with Crippen molar-refractivity contribution >= 4 is 26.8 Å². The topological polar surface area (TPSA) is 83.1 Å². The van der Waals surface area contributed by atoms with E-state index in [9.17, 15) is 13.2 Å². The van der Waals surface area contributed by atoms with Gasteiger partial charge in [-0.25, -0.2) is 13.4 Å². The monoisotopic (exact) mass is 321 g/mol. The molecule has 1 atom stereocenters. The Morgan fingerprint density at radius 1 is 1.41 bits per heavy atom. The number of aromatic amines is 1. The van der Waals surface area contributed by atoms with Crippen molar-refractivity contribution in [3.05, 3.63) is 30.1 Å². The highest BCUT2D eigenvalue weighted by atomic mass is 32.2. The Balaban J connectivity index is 1.68. The third kappa shape index (κ3) is 2.49. The molecule has 2 aromatic rings. The molecule has 0 spiro atoms. The largest absolute Gasteiger partial charge is 0.342 e. The molecule has 0 bridgehead atoms. The van der Waals surface area contributed by atoms with Crippen LogP contribution in [0.4, 0.5) is 0 Å². The number of hydrogen-bond donors (Lipinski definition) is 1. The molecular weight excluding hydrogens is 302 g/mol. The number of para-hydroxylation sites is 2. The highest BCUT2D eigenvalue weighted by Gasteiger charge is 2.38. The SMILES string of the molecule is CCS(=O)(=O)[C@H](C)C(=O)N1CC(c2nc3ccccc3[nH]2)C1. The highest BCUT2D eigenvalue weighted by Crippen LogP contribution is 2.27. The molecule has 2 heterocycles. The molecular formula is C15H19N3O3S. The van der Waals surface area contributed by atoms with Gasteiger partial charge in [-0.15, -0.1) is 0 Å². The third-order valence-electron chi connectivity index (χ3n) is 4.28. The summed E-state index contributed by atoms with van der Waals surface area (Å²) in [5, 5.41) is -0.964. The van der Waals surface area contributed by atoms with E-state index in [0.29, 0.717) is 13.1 Å². The van der Waals surface area contributed by atoms with Gasteiger partial charge in [-0.2, -0.15) is 0 Å². The number of aromatic nitrogens is 2. The van der Waals surface area contributed by atoms with Crippen molar-refractivity contribution in [3.63, 3.8) is 0 Å². The quantitative estimate of drug-likeness (QED) is 0.920. The van der Waals surface area contributed by atoms with E-state index in [0.717, 1.165) is 16.9 Å². The Labute approximate surface area is 129 Å². The van der Waals surface area contributed by atoms with Crippen LogP contribution in [0.3, 0.4) is 0 Å². The Morgan fingerprint density at radius 2 is 2.09 bits per heavy atom. The number of benzene rings is 1. The maximum Gasteiger partial charge on any atom is 0.240 e. The molecule has 6 nitrogen and oxygen atoms in total. The van der Waals surface area contributed by atoms with E-state index < -0.39 is 15.1 Å². The minimum Gasteiger partial charge on any atom is -0.342 e. The van der Waals surface area contributed by atoms with E-state index in [4.69, 9.17) is 0 Å². The Morgan fingerprint density at radius 3 is 2.73 bits per heavy atom. The number of likely N-dealkylation sites (tertiary alicyclic amines) is 1. The van der Waals surface area contributed by atoms with Gasteiger partial charge in [0.25, 0.3) is 0 Å². The van der Waals surface area contributed by atoms with Crippen molar-refractivity contribution in [2.24, 2.45) is 0 Å². The Hall–Kier alpha value is -1.89. The predicted molar refractivity (Wildman–Crippen MR) is 84.3 cm³/mol. The first-order chi connectivity index (χ1) is 10.4. The molecule has 0 unspecified atom stereocenters. The van der Waals surface area contributed by atoms with E-state index in [2.05, 4.69) is 9.97 Å². The lowest BCUT2D eigenvalue weighted by molar-refractivity contribution is -0.134. The third-order valence-corrected chi connectivity index (χ3v) is 6.36. The van der Waals surface area contributed by atoms with Crippen molar-refractivity contribution in [1.82, 2.24) is 14.9 Å². The fraction of sp³-hybridized carbons (Fsp3) is 0.467. The minimum atomic E-state index is -3.34. The van der Waals surface area contributed by atoms with Crippen molar-refractivity contribution < 1.29 is 13.2 Å². The Bertz CT molecular complexity index is 773. The lowest BCUT2D eigenvalue weighted by atomic mass is 9.99. The summed E-state index contributed by atoms with van der Waals surface area (Å²) in [6.45, 7) is 4.06. The van der Waals surface area contributed by atoms with Gasteiger partial charge in [0.1, 0.15) is 11.1 Å². The number of sulfone groups is 1. The molecule has 1 amide bonds.